The van der Waals surface area contributed by atoms with Gasteiger partial charge in [0.2, 0.25) is 0 Å². The number of hydrogen-bond acceptors (Lipinski definition) is 3. The molecule has 0 saturated heterocycles. The van der Waals surface area contributed by atoms with Crippen LogP contribution in [0.25, 0.3) is 0 Å². The Morgan fingerprint density at radius 2 is 1.67 bits per heavy atom. The number of benzene rings is 1. The van der Waals surface area contributed by atoms with Crippen molar-refractivity contribution >= 4 is 11.8 Å². The van der Waals surface area contributed by atoms with Crippen LogP contribution in [0.4, 0.5) is 0 Å². The first kappa shape index (κ1) is 18.2. The molecule has 2 nitrogen and oxygen atoms in total. The quantitative estimate of drug-likeness (QED) is 0.477. The van der Waals surface area contributed by atoms with Crippen molar-refractivity contribution < 1.29 is 9.47 Å². The molecular formula is C18H30O2S. The zero-order valence-electron chi connectivity index (χ0n) is 14.0. The second kappa shape index (κ2) is 10.8. The van der Waals surface area contributed by atoms with Crippen LogP contribution >= 0.6 is 11.8 Å². The van der Waals surface area contributed by atoms with Crippen molar-refractivity contribution in [2.45, 2.75) is 57.6 Å². The molecular weight excluding hydrogens is 280 g/mol. The maximum Gasteiger partial charge on any atom is 0.161 e. The van der Waals surface area contributed by atoms with E-state index in [4.69, 9.17) is 9.47 Å². The summed E-state index contributed by atoms with van der Waals surface area (Å²) >= 11 is 2.07. The van der Waals surface area contributed by atoms with Gasteiger partial charge in [-0.2, -0.15) is 11.8 Å². The fourth-order valence-electron chi connectivity index (χ4n) is 2.43. The molecule has 0 saturated carbocycles. The van der Waals surface area contributed by atoms with Gasteiger partial charge in [-0.3, -0.25) is 0 Å². The van der Waals surface area contributed by atoms with Crippen LogP contribution in [0.3, 0.4) is 0 Å². The van der Waals surface area contributed by atoms with Gasteiger partial charge in [0, 0.05) is 5.25 Å². The van der Waals surface area contributed by atoms with E-state index in [0.717, 1.165) is 17.9 Å². The molecule has 1 aromatic rings. The van der Waals surface area contributed by atoms with Gasteiger partial charge in [0.25, 0.3) is 0 Å². The zero-order chi connectivity index (χ0) is 15.5. The summed E-state index contributed by atoms with van der Waals surface area (Å²) in [5.41, 5.74) is 1.34. The highest BCUT2D eigenvalue weighted by atomic mass is 32.2. The maximum atomic E-state index is 5.41. The highest BCUT2D eigenvalue weighted by molar-refractivity contribution is 7.99. The van der Waals surface area contributed by atoms with E-state index in [1.807, 2.05) is 6.07 Å². The lowest BCUT2D eigenvalue weighted by atomic mass is 10.1. The summed E-state index contributed by atoms with van der Waals surface area (Å²) < 4.78 is 10.7. The number of methoxy groups -OCH3 is 2. The van der Waals surface area contributed by atoms with E-state index < -0.39 is 0 Å². The van der Waals surface area contributed by atoms with E-state index in [-0.39, 0.29) is 0 Å². The van der Waals surface area contributed by atoms with Gasteiger partial charge in [0.15, 0.2) is 11.5 Å². The van der Waals surface area contributed by atoms with Crippen molar-refractivity contribution in [2.75, 3.05) is 20.0 Å². The second-order valence-electron chi connectivity index (χ2n) is 5.30. The minimum Gasteiger partial charge on any atom is -0.493 e. The van der Waals surface area contributed by atoms with E-state index >= 15 is 0 Å². The molecule has 0 aliphatic rings. The van der Waals surface area contributed by atoms with Crippen LogP contribution in [0, 0.1) is 0 Å². The van der Waals surface area contributed by atoms with E-state index in [9.17, 15) is 0 Å². The Balaban J connectivity index is 2.51. The predicted molar refractivity (Wildman–Crippen MR) is 93.8 cm³/mol. The Morgan fingerprint density at radius 3 is 2.29 bits per heavy atom. The summed E-state index contributed by atoms with van der Waals surface area (Å²) in [5, 5.41) is 0.552. The van der Waals surface area contributed by atoms with Crippen molar-refractivity contribution in [3.05, 3.63) is 23.8 Å². The molecule has 0 fully saturated rings. The van der Waals surface area contributed by atoms with E-state index in [1.165, 1.54) is 43.4 Å². The van der Waals surface area contributed by atoms with Crippen LogP contribution in [0.2, 0.25) is 0 Å². The van der Waals surface area contributed by atoms with Gasteiger partial charge < -0.3 is 9.47 Å². The van der Waals surface area contributed by atoms with E-state index in [0.29, 0.717) is 5.25 Å². The number of unbranched alkanes of at least 4 members (excludes halogenated alkanes) is 4. The maximum absolute atomic E-state index is 5.41. The van der Waals surface area contributed by atoms with Crippen molar-refractivity contribution in [3.8, 4) is 11.5 Å². The molecule has 0 spiro atoms. The normalized spacial score (nSPS) is 12.2. The average Bonchev–Trinajstić information content (AvgIpc) is 2.53. The minimum absolute atomic E-state index is 0.552. The predicted octanol–water partition coefficient (Wildman–Crippen LogP) is 5.86. The Bertz CT molecular complexity index is 393. The average molecular weight is 311 g/mol. The topological polar surface area (TPSA) is 18.5 Å². The fourth-order valence-corrected chi connectivity index (χ4v) is 3.66. The van der Waals surface area contributed by atoms with Crippen LogP contribution in [-0.2, 0) is 0 Å². The molecule has 1 rings (SSSR count). The van der Waals surface area contributed by atoms with Crippen LogP contribution in [0.15, 0.2) is 18.2 Å². The van der Waals surface area contributed by atoms with Crippen LogP contribution < -0.4 is 9.47 Å². The summed E-state index contributed by atoms with van der Waals surface area (Å²) in [6.45, 7) is 4.52. The number of thioether (sulfide) groups is 1. The highest BCUT2D eigenvalue weighted by Gasteiger charge is 2.13. The summed E-state index contributed by atoms with van der Waals surface area (Å²) in [7, 11) is 3.38. The van der Waals surface area contributed by atoms with Crippen LogP contribution in [-0.4, -0.2) is 20.0 Å². The smallest absolute Gasteiger partial charge is 0.161 e. The Labute approximate surface area is 134 Å². The molecule has 21 heavy (non-hydrogen) atoms. The third kappa shape index (κ3) is 6.21. The lowest BCUT2D eigenvalue weighted by Gasteiger charge is -2.17. The molecule has 1 unspecified atom stereocenters. The van der Waals surface area contributed by atoms with E-state index in [2.05, 4.69) is 37.7 Å². The molecule has 0 bridgehead atoms. The first-order valence-electron chi connectivity index (χ1n) is 8.10. The molecule has 0 amide bonds. The van der Waals surface area contributed by atoms with Crippen molar-refractivity contribution in [3.63, 3.8) is 0 Å². The summed E-state index contributed by atoms with van der Waals surface area (Å²) in [4.78, 5) is 0. The molecule has 1 atom stereocenters. The molecule has 0 aliphatic carbocycles. The van der Waals surface area contributed by atoms with Gasteiger partial charge in [-0.05, 0) is 36.3 Å². The molecule has 0 aromatic heterocycles. The SMILES string of the molecule is CCCCCCCSC(CC)c1ccc(OC)c(OC)c1. The second-order valence-corrected chi connectivity index (χ2v) is 6.61. The molecule has 0 aliphatic heterocycles. The van der Waals surface area contributed by atoms with Crippen molar-refractivity contribution in [1.82, 2.24) is 0 Å². The third-order valence-corrected chi connectivity index (χ3v) is 5.25. The molecule has 0 radical (unpaired) electrons. The lowest BCUT2D eigenvalue weighted by Crippen LogP contribution is -1.97. The van der Waals surface area contributed by atoms with Gasteiger partial charge in [-0.1, -0.05) is 45.6 Å². The van der Waals surface area contributed by atoms with Gasteiger partial charge in [-0.15, -0.1) is 0 Å². The van der Waals surface area contributed by atoms with Crippen LogP contribution in [0.1, 0.15) is 63.2 Å². The summed E-state index contributed by atoms with van der Waals surface area (Å²) in [6.07, 6.45) is 7.91. The minimum atomic E-state index is 0.552. The zero-order valence-corrected chi connectivity index (χ0v) is 14.8. The Hall–Kier alpha value is -0.830. The van der Waals surface area contributed by atoms with Gasteiger partial charge in [0.1, 0.15) is 0 Å². The molecule has 0 N–H and O–H groups in total. The third-order valence-electron chi connectivity index (χ3n) is 3.72. The molecule has 3 heteroatoms. The molecule has 0 heterocycles. The monoisotopic (exact) mass is 310 g/mol. The van der Waals surface area contributed by atoms with Crippen molar-refractivity contribution in [2.24, 2.45) is 0 Å². The Morgan fingerprint density at radius 1 is 0.952 bits per heavy atom. The Kier molecular flexibility index (Phi) is 9.40. The van der Waals surface area contributed by atoms with Crippen LogP contribution in [0.5, 0.6) is 11.5 Å². The molecule has 1 aromatic carbocycles. The standard InChI is InChI=1S/C18H30O2S/c1-5-7-8-9-10-13-21-18(6-2)15-11-12-16(19-3)17(14-15)20-4/h11-12,14,18H,5-10,13H2,1-4H3. The first-order chi connectivity index (χ1) is 10.3. The van der Waals surface area contributed by atoms with Gasteiger partial charge in [-0.25, -0.2) is 0 Å². The fraction of sp³-hybridized carbons (Fsp3) is 0.667. The number of rotatable bonds is 11. The van der Waals surface area contributed by atoms with Crippen molar-refractivity contribution in [1.29, 1.82) is 0 Å². The van der Waals surface area contributed by atoms with Gasteiger partial charge >= 0.3 is 0 Å². The number of ether oxygens (including phenoxy) is 2. The first-order valence-corrected chi connectivity index (χ1v) is 9.15. The highest BCUT2D eigenvalue weighted by Crippen LogP contribution is 2.37. The number of hydrogen-bond donors (Lipinski definition) is 0. The lowest BCUT2D eigenvalue weighted by molar-refractivity contribution is 0.354. The van der Waals surface area contributed by atoms with Gasteiger partial charge in [0.05, 0.1) is 14.2 Å². The summed E-state index contributed by atoms with van der Waals surface area (Å²) in [5.74, 6) is 2.88. The largest absolute Gasteiger partial charge is 0.493 e. The molecule has 120 valence electrons. The van der Waals surface area contributed by atoms with E-state index in [1.54, 1.807) is 14.2 Å². The summed E-state index contributed by atoms with van der Waals surface area (Å²) in [6, 6.07) is 6.30.